The summed E-state index contributed by atoms with van der Waals surface area (Å²) in [6.07, 6.45) is 4.54. The minimum Gasteiger partial charge on any atom is -0.444 e. The number of ether oxygens (including phenoxy) is 1. The fourth-order valence-electron chi connectivity index (χ4n) is 5.65. The molecule has 1 N–H and O–H groups in total. The molecule has 1 aromatic carbocycles. The molecule has 2 saturated heterocycles. The number of nitriles is 1. The summed E-state index contributed by atoms with van der Waals surface area (Å²) < 4.78 is 5.51. The second-order valence-corrected chi connectivity index (χ2v) is 11.9. The first-order chi connectivity index (χ1) is 19.2. The van der Waals surface area contributed by atoms with Crippen molar-refractivity contribution in [1.29, 1.82) is 5.26 Å². The van der Waals surface area contributed by atoms with E-state index in [2.05, 4.69) is 57.4 Å². The number of piperidine rings is 1. The number of carbonyl (C=O) groups is 1. The predicted octanol–water partition coefficient (Wildman–Crippen LogP) is 4.56. The summed E-state index contributed by atoms with van der Waals surface area (Å²) in [5, 5.41) is 14.3. The molecule has 0 radical (unpaired) electrons. The van der Waals surface area contributed by atoms with Crippen molar-refractivity contribution < 1.29 is 9.53 Å². The first-order valence-electron chi connectivity index (χ1n) is 14.1. The molecule has 0 aliphatic carbocycles. The molecule has 2 aliphatic heterocycles. The molecule has 5 rings (SSSR count). The van der Waals surface area contributed by atoms with Gasteiger partial charge in [-0.25, -0.2) is 4.79 Å². The number of pyridine rings is 2. The lowest BCUT2D eigenvalue weighted by molar-refractivity contribution is 0.0240. The van der Waals surface area contributed by atoms with Gasteiger partial charge < -0.3 is 24.8 Å². The Bertz CT molecular complexity index is 1370. The van der Waals surface area contributed by atoms with E-state index in [9.17, 15) is 10.1 Å². The molecule has 3 aromatic rings. The van der Waals surface area contributed by atoms with Crippen LogP contribution < -0.4 is 15.1 Å². The van der Waals surface area contributed by atoms with Crippen LogP contribution in [0, 0.1) is 17.2 Å². The van der Waals surface area contributed by atoms with Crippen LogP contribution >= 0.6 is 0 Å². The maximum atomic E-state index is 12.4. The van der Waals surface area contributed by atoms with Crippen molar-refractivity contribution in [2.45, 2.75) is 52.3 Å². The third kappa shape index (κ3) is 6.45. The smallest absolute Gasteiger partial charge is 0.410 e. The summed E-state index contributed by atoms with van der Waals surface area (Å²) in [7, 11) is 0. The molecule has 1 amide bonds. The number of rotatable bonds is 5. The first-order valence-corrected chi connectivity index (χ1v) is 14.1. The molecule has 4 heterocycles. The van der Waals surface area contributed by atoms with Crippen molar-refractivity contribution >= 4 is 28.4 Å². The lowest BCUT2D eigenvalue weighted by Crippen LogP contribution is -2.50. The lowest BCUT2D eigenvalue weighted by Gasteiger charge is -2.39. The summed E-state index contributed by atoms with van der Waals surface area (Å²) in [5.74, 6) is 0.531. The second-order valence-electron chi connectivity index (χ2n) is 11.9. The molecule has 2 atom stereocenters. The Hall–Kier alpha value is -3.90. The predicted molar refractivity (Wildman–Crippen MR) is 157 cm³/mol. The molecule has 0 spiro atoms. The quantitative estimate of drug-likeness (QED) is 0.502. The lowest BCUT2D eigenvalue weighted by atomic mass is 9.94. The molecule has 9 heteroatoms. The number of nitrogens with zero attached hydrogens (tertiary/aromatic N) is 6. The fraction of sp³-hybridized carbons (Fsp3) is 0.484. The highest BCUT2D eigenvalue weighted by molar-refractivity contribution is 5.95. The molecule has 0 bridgehead atoms. The normalized spacial score (nSPS) is 19.9. The van der Waals surface area contributed by atoms with Crippen LogP contribution in [0.3, 0.4) is 0 Å². The van der Waals surface area contributed by atoms with Crippen LogP contribution in [-0.2, 0) is 11.3 Å². The third-order valence-electron chi connectivity index (χ3n) is 7.55. The van der Waals surface area contributed by atoms with Crippen LogP contribution in [0.5, 0.6) is 0 Å². The largest absolute Gasteiger partial charge is 0.444 e. The number of nitrogens with one attached hydrogen (secondary N) is 1. The number of hydrogen-bond donors (Lipinski definition) is 1. The average Bonchev–Trinajstić information content (AvgIpc) is 2.94. The maximum absolute atomic E-state index is 12.4. The Morgan fingerprint density at radius 2 is 1.88 bits per heavy atom. The zero-order valence-electron chi connectivity index (χ0n) is 23.9. The number of carbonyl (C=O) groups excluding carboxylic acids is 1. The van der Waals surface area contributed by atoms with Crippen LogP contribution in [0.4, 0.5) is 16.2 Å². The van der Waals surface area contributed by atoms with Gasteiger partial charge in [0.2, 0.25) is 0 Å². The number of benzene rings is 1. The van der Waals surface area contributed by atoms with Gasteiger partial charge in [-0.3, -0.25) is 9.97 Å². The molecule has 2 aliphatic rings. The van der Waals surface area contributed by atoms with Gasteiger partial charge in [-0.05, 0) is 69.5 Å². The van der Waals surface area contributed by atoms with Gasteiger partial charge >= 0.3 is 6.09 Å². The van der Waals surface area contributed by atoms with Crippen molar-refractivity contribution in [2.75, 3.05) is 49.1 Å². The summed E-state index contributed by atoms with van der Waals surface area (Å²) in [5.41, 5.74) is 4.11. The molecular weight excluding hydrogens is 502 g/mol. The highest BCUT2D eigenvalue weighted by atomic mass is 16.6. The van der Waals surface area contributed by atoms with E-state index in [0.717, 1.165) is 60.6 Å². The van der Waals surface area contributed by atoms with E-state index in [1.165, 1.54) is 0 Å². The van der Waals surface area contributed by atoms with Gasteiger partial charge in [0.05, 0.1) is 28.7 Å². The minimum atomic E-state index is -0.481. The van der Waals surface area contributed by atoms with Crippen LogP contribution in [-0.4, -0.2) is 71.9 Å². The van der Waals surface area contributed by atoms with E-state index in [1.54, 1.807) is 11.1 Å². The average molecular weight is 542 g/mol. The van der Waals surface area contributed by atoms with Gasteiger partial charge in [0.15, 0.2) is 0 Å². The zero-order chi connectivity index (χ0) is 28.3. The first kappa shape index (κ1) is 27.7. The van der Waals surface area contributed by atoms with E-state index in [-0.39, 0.29) is 6.09 Å². The Balaban J connectivity index is 1.16. The molecule has 210 valence electrons. The van der Waals surface area contributed by atoms with E-state index in [0.29, 0.717) is 37.2 Å². The van der Waals surface area contributed by atoms with Gasteiger partial charge in [0.1, 0.15) is 11.7 Å². The Kier molecular flexibility index (Phi) is 8.08. The number of hydrogen-bond acceptors (Lipinski definition) is 8. The van der Waals surface area contributed by atoms with E-state index >= 15 is 0 Å². The number of aromatic nitrogens is 2. The van der Waals surface area contributed by atoms with Crippen LogP contribution in [0.25, 0.3) is 10.9 Å². The molecule has 2 fully saturated rings. The Morgan fingerprint density at radius 3 is 2.58 bits per heavy atom. The molecule has 0 saturated carbocycles. The van der Waals surface area contributed by atoms with E-state index in [4.69, 9.17) is 9.72 Å². The van der Waals surface area contributed by atoms with Crippen LogP contribution in [0.1, 0.15) is 45.4 Å². The van der Waals surface area contributed by atoms with Crippen molar-refractivity contribution in [3.8, 4) is 6.07 Å². The second kappa shape index (κ2) is 11.7. The Labute approximate surface area is 236 Å². The summed E-state index contributed by atoms with van der Waals surface area (Å²) in [4.78, 5) is 28.0. The Morgan fingerprint density at radius 1 is 1.07 bits per heavy atom. The van der Waals surface area contributed by atoms with Gasteiger partial charge in [-0.15, -0.1) is 0 Å². The number of piperazine rings is 1. The van der Waals surface area contributed by atoms with E-state index < -0.39 is 5.60 Å². The van der Waals surface area contributed by atoms with Crippen molar-refractivity contribution in [1.82, 2.24) is 20.2 Å². The maximum Gasteiger partial charge on any atom is 0.410 e. The van der Waals surface area contributed by atoms with Crippen LogP contribution in [0.15, 0.2) is 48.8 Å². The van der Waals surface area contributed by atoms with Gasteiger partial charge in [-0.1, -0.05) is 6.92 Å². The summed E-state index contributed by atoms with van der Waals surface area (Å²) >= 11 is 0. The van der Waals surface area contributed by atoms with Crippen LogP contribution in [0.2, 0.25) is 0 Å². The van der Waals surface area contributed by atoms with Gasteiger partial charge in [0.25, 0.3) is 0 Å². The van der Waals surface area contributed by atoms with Crippen molar-refractivity contribution in [2.24, 2.45) is 5.92 Å². The minimum absolute atomic E-state index is 0.244. The standard InChI is InChI=1S/C31H39N7O2/c1-22-16-25(21-38(20-22)28-10-7-23(17-32)29-27(28)6-5-11-33-29)34-18-24-8-9-26(19-35-24)36-12-14-37(15-13-36)30(39)40-31(2,3)4/h5-11,19,22,25,34H,12-16,18,20-21H2,1-4H3/t22-,25+/m0/s1. The SMILES string of the molecule is C[C@H]1C[C@@H](NCc2ccc(N3CCN(C(=O)OC(C)(C)C)CC3)cn2)CN(c2ccc(C#N)c3ncccc23)C1. The number of anilines is 2. The highest BCUT2D eigenvalue weighted by Crippen LogP contribution is 2.31. The zero-order valence-corrected chi connectivity index (χ0v) is 23.9. The summed E-state index contributed by atoms with van der Waals surface area (Å²) in [6.45, 7) is 13.3. The van der Waals surface area contributed by atoms with E-state index in [1.807, 2.05) is 39.1 Å². The molecule has 9 nitrogen and oxygen atoms in total. The molecular formula is C31H39N7O2. The molecule has 2 aromatic heterocycles. The topological polar surface area (TPSA) is 97.6 Å². The van der Waals surface area contributed by atoms with Crippen molar-refractivity contribution in [3.05, 3.63) is 60.0 Å². The number of fused-ring (bicyclic) bond motifs is 1. The third-order valence-corrected chi connectivity index (χ3v) is 7.55. The monoisotopic (exact) mass is 541 g/mol. The van der Waals surface area contributed by atoms with Gasteiger partial charge in [-0.2, -0.15) is 5.26 Å². The van der Waals surface area contributed by atoms with Gasteiger partial charge in [0, 0.05) is 69.1 Å². The highest BCUT2D eigenvalue weighted by Gasteiger charge is 2.27. The summed E-state index contributed by atoms with van der Waals surface area (Å²) in [6, 6.07) is 14.8. The number of amides is 1. The fourth-order valence-corrected chi connectivity index (χ4v) is 5.65. The van der Waals surface area contributed by atoms with Crippen molar-refractivity contribution in [3.63, 3.8) is 0 Å². The molecule has 0 unspecified atom stereocenters. The molecule has 40 heavy (non-hydrogen) atoms.